The lowest BCUT2D eigenvalue weighted by molar-refractivity contribution is -0.645. The van der Waals surface area contributed by atoms with Gasteiger partial charge in [-0.15, -0.1) is 0 Å². The van der Waals surface area contributed by atoms with Crippen LogP contribution in [-0.2, 0) is 37.3 Å². The number of anilines is 1. The SMILES string of the molecule is Cc1ccc(S(=O)(=O)N[C@H](Cc2ccccc2)C(=O)Nc2ccc([C@H]3O[C@@H](CSc4cccc[n+]4[O-])[C@@H](C)[C@@H](c4ccc(CO)cc4)O3)cc2)cc1. The molecule has 1 amide bonds. The highest BCUT2D eigenvalue weighted by Gasteiger charge is 2.39. The Hall–Kier alpha value is -4.56. The van der Waals surface area contributed by atoms with E-state index in [0.717, 1.165) is 32.5 Å². The number of ether oxygens (including phenoxy) is 2. The lowest BCUT2D eigenvalue weighted by Gasteiger charge is -2.41. The van der Waals surface area contributed by atoms with E-state index in [9.17, 15) is 23.5 Å². The van der Waals surface area contributed by atoms with Gasteiger partial charge < -0.3 is 25.1 Å². The van der Waals surface area contributed by atoms with Gasteiger partial charge in [-0.05, 0) is 60.4 Å². The second-order valence-electron chi connectivity index (χ2n) is 12.8. The first-order valence-corrected chi connectivity index (χ1v) is 19.4. The number of carbonyl (C=O) groups excluding carboxylic acids is 1. The number of nitrogens with one attached hydrogen (secondary N) is 2. The highest BCUT2D eigenvalue weighted by molar-refractivity contribution is 7.99. The van der Waals surface area contributed by atoms with Gasteiger partial charge in [-0.2, -0.15) is 9.45 Å². The molecule has 1 fully saturated rings. The summed E-state index contributed by atoms with van der Waals surface area (Å²) in [6, 6.07) is 34.6. The average molecular weight is 740 g/mol. The van der Waals surface area contributed by atoms with E-state index in [1.54, 1.807) is 48.5 Å². The molecule has 10 nitrogen and oxygen atoms in total. The molecule has 270 valence electrons. The molecular weight excluding hydrogens is 699 g/mol. The fourth-order valence-corrected chi connectivity index (χ4v) is 8.24. The van der Waals surface area contributed by atoms with Crippen molar-refractivity contribution in [2.24, 2.45) is 5.92 Å². The van der Waals surface area contributed by atoms with Crippen LogP contribution in [-0.4, -0.2) is 37.3 Å². The number of hydrogen-bond donors (Lipinski definition) is 3. The Morgan fingerprint density at radius 3 is 2.21 bits per heavy atom. The van der Waals surface area contributed by atoms with Crippen molar-refractivity contribution in [2.45, 2.75) is 61.3 Å². The molecular formula is C40H41N3O7S2. The lowest BCUT2D eigenvalue weighted by Crippen LogP contribution is -2.45. The van der Waals surface area contributed by atoms with Gasteiger partial charge in [0, 0.05) is 35.1 Å². The van der Waals surface area contributed by atoms with Gasteiger partial charge in [-0.25, -0.2) is 8.42 Å². The van der Waals surface area contributed by atoms with Crippen LogP contribution in [0, 0.1) is 18.0 Å². The first-order chi connectivity index (χ1) is 25.1. The number of rotatable bonds is 13. The molecule has 52 heavy (non-hydrogen) atoms. The van der Waals surface area contributed by atoms with Crippen molar-refractivity contribution in [3.8, 4) is 0 Å². The Balaban J connectivity index is 1.20. The second-order valence-corrected chi connectivity index (χ2v) is 15.5. The molecule has 2 heterocycles. The molecule has 0 aliphatic carbocycles. The van der Waals surface area contributed by atoms with Crippen LogP contribution in [0.2, 0.25) is 0 Å². The molecule has 0 radical (unpaired) electrons. The summed E-state index contributed by atoms with van der Waals surface area (Å²) >= 11 is 1.41. The number of aromatic nitrogens is 1. The van der Waals surface area contributed by atoms with Gasteiger partial charge in [-0.1, -0.05) is 103 Å². The van der Waals surface area contributed by atoms with Crippen LogP contribution < -0.4 is 14.8 Å². The quantitative estimate of drug-likeness (QED) is 0.0734. The Labute approximate surface area is 308 Å². The number of amides is 1. The largest absolute Gasteiger partial charge is 0.618 e. The van der Waals surface area contributed by atoms with Crippen LogP contribution in [0.15, 0.2) is 137 Å². The van der Waals surface area contributed by atoms with Crippen molar-refractivity contribution in [1.29, 1.82) is 0 Å². The first kappa shape index (κ1) is 37.2. The summed E-state index contributed by atoms with van der Waals surface area (Å²) < 4.78 is 43.2. The molecule has 1 aromatic heterocycles. The summed E-state index contributed by atoms with van der Waals surface area (Å²) in [5, 5.41) is 25.3. The molecule has 1 saturated heterocycles. The summed E-state index contributed by atoms with van der Waals surface area (Å²) in [7, 11) is -4.00. The second kappa shape index (κ2) is 16.8. The molecule has 4 aromatic carbocycles. The Kier molecular flexibility index (Phi) is 12.1. The lowest BCUT2D eigenvalue weighted by atomic mass is 9.91. The monoisotopic (exact) mass is 739 g/mol. The number of sulfonamides is 1. The fraction of sp³-hybridized carbons (Fsp3) is 0.250. The number of benzene rings is 4. The maximum Gasteiger partial charge on any atom is 0.251 e. The van der Waals surface area contributed by atoms with Crippen molar-refractivity contribution in [3.63, 3.8) is 0 Å². The van der Waals surface area contributed by atoms with E-state index in [0.29, 0.717) is 16.5 Å². The number of carbonyl (C=O) groups is 1. The maximum atomic E-state index is 13.7. The number of pyridine rings is 1. The first-order valence-electron chi connectivity index (χ1n) is 16.9. The number of aryl methyl sites for hydroxylation is 1. The summed E-state index contributed by atoms with van der Waals surface area (Å²) in [4.78, 5) is 13.7. The molecule has 1 aliphatic heterocycles. The number of nitrogens with zero attached hydrogens (tertiary/aromatic N) is 1. The smallest absolute Gasteiger partial charge is 0.251 e. The highest BCUT2D eigenvalue weighted by atomic mass is 32.2. The van der Waals surface area contributed by atoms with Crippen molar-refractivity contribution < 1.29 is 32.5 Å². The molecule has 5 aromatic rings. The normalized spacial score (nSPS) is 19.5. The van der Waals surface area contributed by atoms with Crippen LogP contribution in [0.4, 0.5) is 5.69 Å². The zero-order valence-corrected chi connectivity index (χ0v) is 30.4. The number of aliphatic hydroxyl groups is 1. The molecule has 6 rings (SSSR count). The molecule has 1 aliphatic rings. The standard InChI is InChI=1S/C40H41N3O7S2/c1-27-11-21-34(22-12-27)52(47,48)42-35(24-29-8-4-3-5-9-29)39(45)41-33-19-17-32(18-20-33)40-49-36(26-51-37-10-6-7-23-43(37)46)28(2)38(50-40)31-15-13-30(25-44)14-16-31/h3-23,28,35-36,38,40,42,44H,24-26H2,1-2H3,(H,41,45)/t28-,35-,36+,38+,40+/m1/s1. The van der Waals surface area contributed by atoms with E-state index in [1.807, 2.05) is 67.6 Å². The van der Waals surface area contributed by atoms with Gasteiger partial charge in [0.15, 0.2) is 12.5 Å². The Bertz CT molecular complexity index is 2050. The van der Waals surface area contributed by atoms with Gasteiger partial charge in [0.2, 0.25) is 15.9 Å². The number of thioether (sulfide) groups is 1. The van der Waals surface area contributed by atoms with E-state index in [4.69, 9.17) is 9.47 Å². The molecule has 0 unspecified atom stereocenters. The van der Waals surface area contributed by atoms with Crippen LogP contribution >= 0.6 is 11.8 Å². The Morgan fingerprint density at radius 1 is 0.865 bits per heavy atom. The summed E-state index contributed by atoms with van der Waals surface area (Å²) in [6.45, 7) is 3.86. The topological polar surface area (TPSA) is 141 Å². The molecule has 5 atom stereocenters. The minimum absolute atomic E-state index is 0.0624. The maximum absolute atomic E-state index is 13.7. The van der Waals surface area contributed by atoms with E-state index < -0.39 is 28.3 Å². The number of hydrogen-bond acceptors (Lipinski definition) is 8. The summed E-state index contributed by atoms with van der Waals surface area (Å²) in [5.74, 6) is -0.0730. The molecule has 12 heteroatoms. The zero-order chi connectivity index (χ0) is 36.7. The van der Waals surface area contributed by atoms with Crippen LogP contribution in [0.25, 0.3) is 0 Å². The van der Waals surface area contributed by atoms with Gasteiger partial charge in [0.25, 0.3) is 5.03 Å². The third kappa shape index (κ3) is 9.26. The average Bonchev–Trinajstić information content (AvgIpc) is 3.15. The molecule has 0 saturated carbocycles. The highest BCUT2D eigenvalue weighted by Crippen LogP contribution is 2.43. The van der Waals surface area contributed by atoms with Gasteiger partial charge in [0.05, 0.1) is 23.7 Å². The van der Waals surface area contributed by atoms with E-state index in [2.05, 4.69) is 17.0 Å². The fourth-order valence-electron chi connectivity index (χ4n) is 5.97. The van der Waals surface area contributed by atoms with Crippen molar-refractivity contribution in [2.75, 3.05) is 11.1 Å². The predicted molar refractivity (Wildman–Crippen MR) is 200 cm³/mol. The van der Waals surface area contributed by atoms with Crippen molar-refractivity contribution >= 4 is 33.4 Å². The van der Waals surface area contributed by atoms with Gasteiger partial charge >= 0.3 is 0 Å². The van der Waals surface area contributed by atoms with Crippen LogP contribution in [0.3, 0.4) is 0 Å². The van der Waals surface area contributed by atoms with Crippen molar-refractivity contribution in [3.05, 3.63) is 161 Å². The minimum Gasteiger partial charge on any atom is -0.618 e. The zero-order valence-electron chi connectivity index (χ0n) is 28.8. The molecule has 0 bridgehead atoms. The van der Waals surface area contributed by atoms with E-state index >= 15 is 0 Å². The molecule has 0 spiro atoms. The number of aliphatic hydroxyl groups excluding tert-OH is 1. The van der Waals surface area contributed by atoms with E-state index in [-0.39, 0.29) is 36.0 Å². The third-order valence-electron chi connectivity index (χ3n) is 8.99. The molecule has 3 N–H and O–H groups in total. The van der Waals surface area contributed by atoms with Crippen LogP contribution in [0.5, 0.6) is 0 Å². The van der Waals surface area contributed by atoms with Crippen LogP contribution in [0.1, 0.15) is 47.1 Å². The minimum atomic E-state index is -4.00. The third-order valence-corrected chi connectivity index (χ3v) is 11.6. The van der Waals surface area contributed by atoms with Gasteiger partial charge in [0.1, 0.15) is 6.04 Å². The van der Waals surface area contributed by atoms with Gasteiger partial charge in [-0.3, -0.25) is 4.79 Å². The Morgan fingerprint density at radius 2 is 1.54 bits per heavy atom. The predicted octanol–water partition coefficient (Wildman–Crippen LogP) is 6.23. The van der Waals surface area contributed by atoms with Crippen molar-refractivity contribution in [1.82, 2.24) is 4.72 Å². The van der Waals surface area contributed by atoms with E-state index in [1.165, 1.54) is 30.1 Å². The summed E-state index contributed by atoms with van der Waals surface area (Å²) in [5.41, 5.74) is 4.64. The summed E-state index contributed by atoms with van der Waals surface area (Å²) in [6.07, 6.45) is 0.232.